The van der Waals surface area contributed by atoms with Gasteiger partial charge in [-0.3, -0.25) is 29.6 Å². The summed E-state index contributed by atoms with van der Waals surface area (Å²) in [5, 5.41) is 14.6. The molecule has 3 aliphatic heterocycles. The number of carbonyl (C=O) groups excluding carboxylic acids is 2. The number of amides is 1. The van der Waals surface area contributed by atoms with E-state index < -0.39 is 16.4 Å². The number of Topliss-reactive ketones (excluding diaryl/α,β-unsaturated/α-hetero) is 1. The van der Waals surface area contributed by atoms with Crippen molar-refractivity contribution in [3.05, 3.63) is 99.9 Å². The van der Waals surface area contributed by atoms with Crippen LogP contribution in [0.2, 0.25) is 0 Å². The number of nitro benzene ring substituents is 1. The maximum atomic E-state index is 14.2. The zero-order valence-electron chi connectivity index (χ0n) is 18.3. The molecule has 0 saturated carbocycles. The van der Waals surface area contributed by atoms with E-state index in [1.54, 1.807) is 30.5 Å². The van der Waals surface area contributed by atoms with Crippen LogP contribution in [0.3, 0.4) is 0 Å². The highest BCUT2D eigenvalue weighted by atomic mass is 16.6. The summed E-state index contributed by atoms with van der Waals surface area (Å²) in [5.74, 6) is -1.53. The van der Waals surface area contributed by atoms with Crippen LogP contribution in [0.15, 0.2) is 73.1 Å². The minimum atomic E-state index is -1.18. The number of carbonyl (C=O) groups is 2. The minimum Gasteiger partial charge on any atom is -0.324 e. The van der Waals surface area contributed by atoms with Crippen LogP contribution in [0, 0.1) is 16.0 Å². The summed E-state index contributed by atoms with van der Waals surface area (Å²) in [7, 11) is 0. The van der Waals surface area contributed by atoms with Crippen molar-refractivity contribution in [2.75, 3.05) is 11.9 Å². The Balaban J connectivity index is 1.62. The van der Waals surface area contributed by atoms with Crippen LogP contribution in [0.5, 0.6) is 0 Å². The molecule has 4 heterocycles. The maximum Gasteiger partial charge on any atom is 0.269 e. The van der Waals surface area contributed by atoms with Crippen molar-refractivity contribution in [2.45, 2.75) is 30.3 Å². The van der Waals surface area contributed by atoms with Crippen LogP contribution in [0.1, 0.15) is 40.2 Å². The number of pyridine rings is 1. The van der Waals surface area contributed by atoms with Gasteiger partial charge in [-0.1, -0.05) is 30.3 Å². The summed E-state index contributed by atoms with van der Waals surface area (Å²) >= 11 is 0. The highest BCUT2D eigenvalue weighted by Crippen LogP contribution is 2.61. The molecular formula is C26H22N4O4. The van der Waals surface area contributed by atoms with Gasteiger partial charge in [-0.05, 0) is 43.1 Å². The summed E-state index contributed by atoms with van der Waals surface area (Å²) in [4.78, 5) is 45.5. The van der Waals surface area contributed by atoms with Crippen molar-refractivity contribution in [2.24, 2.45) is 5.92 Å². The second-order valence-electron chi connectivity index (χ2n) is 9.13. The molecule has 3 aromatic rings. The summed E-state index contributed by atoms with van der Waals surface area (Å²) in [6.07, 6.45) is 4.83. The van der Waals surface area contributed by atoms with E-state index in [-0.39, 0.29) is 29.3 Å². The highest BCUT2D eigenvalue weighted by Gasteiger charge is 2.69. The molecule has 4 atom stereocenters. The lowest BCUT2D eigenvalue weighted by Gasteiger charge is -2.36. The van der Waals surface area contributed by atoms with Crippen molar-refractivity contribution in [3.8, 4) is 0 Å². The van der Waals surface area contributed by atoms with E-state index in [0.717, 1.165) is 18.4 Å². The summed E-state index contributed by atoms with van der Waals surface area (Å²) in [6, 6.07) is 17.4. The Hall–Kier alpha value is -3.91. The largest absolute Gasteiger partial charge is 0.324 e. The van der Waals surface area contributed by atoms with Gasteiger partial charge in [0.25, 0.3) is 5.69 Å². The minimum absolute atomic E-state index is 0.0214. The Bertz CT molecular complexity index is 1330. The first-order chi connectivity index (χ1) is 16.5. The number of anilines is 1. The van der Waals surface area contributed by atoms with Crippen LogP contribution in [-0.4, -0.2) is 39.1 Å². The number of nitro groups is 1. The standard InChI is InChI=1S/C26H22N4O4/c31-24(17-7-4-12-27-15-17)23-22(16-6-3-8-18(14-16)30(33)34)21-11-5-13-29(21)26(23)19-9-1-2-10-20(19)28-25(26)32/h1-4,6-10,12,14-15,21-23H,5,11,13H2,(H,28,32)/t21-,22+,23-,26-/m0/s1. The normalized spacial score (nSPS) is 27.4. The molecule has 0 bridgehead atoms. The quantitative estimate of drug-likeness (QED) is 0.364. The zero-order chi connectivity index (χ0) is 23.4. The van der Waals surface area contributed by atoms with Crippen LogP contribution in [-0.2, 0) is 10.3 Å². The fourth-order valence-corrected chi connectivity index (χ4v) is 6.42. The number of aromatic nitrogens is 1. The number of nitrogens with one attached hydrogen (secondary N) is 1. The molecule has 34 heavy (non-hydrogen) atoms. The predicted molar refractivity (Wildman–Crippen MR) is 124 cm³/mol. The van der Waals surface area contributed by atoms with E-state index in [0.29, 0.717) is 23.4 Å². The monoisotopic (exact) mass is 454 g/mol. The molecule has 1 N–H and O–H groups in total. The molecule has 8 heteroatoms. The summed E-state index contributed by atoms with van der Waals surface area (Å²) in [5.41, 5.74) is 1.44. The third-order valence-electron chi connectivity index (χ3n) is 7.60. The lowest BCUT2D eigenvalue weighted by molar-refractivity contribution is -0.384. The first-order valence-electron chi connectivity index (χ1n) is 11.4. The fraction of sp³-hybridized carbons (Fsp3) is 0.269. The lowest BCUT2D eigenvalue weighted by Crippen LogP contribution is -2.52. The molecule has 2 saturated heterocycles. The molecule has 0 aliphatic carbocycles. The first-order valence-corrected chi connectivity index (χ1v) is 11.4. The number of benzene rings is 2. The number of rotatable bonds is 4. The Morgan fingerprint density at radius 3 is 2.79 bits per heavy atom. The Kier molecular flexibility index (Phi) is 4.60. The molecule has 1 spiro atoms. The van der Waals surface area contributed by atoms with E-state index in [1.165, 1.54) is 12.3 Å². The summed E-state index contributed by atoms with van der Waals surface area (Å²) < 4.78 is 0. The number of nitrogens with zero attached hydrogens (tertiary/aromatic N) is 3. The van der Waals surface area contributed by atoms with Gasteiger partial charge in [-0.25, -0.2) is 0 Å². The van der Waals surface area contributed by atoms with Crippen molar-refractivity contribution in [3.63, 3.8) is 0 Å². The molecule has 2 aromatic carbocycles. The number of hydrogen-bond donors (Lipinski definition) is 1. The number of para-hydroxylation sites is 1. The Morgan fingerprint density at radius 1 is 1.15 bits per heavy atom. The van der Waals surface area contributed by atoms with E-state index in [1.807, 2.05) is 30.3 Å². The predicted octanol–water partition coefficient (Wildman–Crippen LogP) is 3.90. The van der Waals surface area contributed by atoms with Crippen molar-refractivity contribution >= 4 is 23.1 Å². The molecule has 3 aliphatic rings. The molecule has 6 rings (SSSR count). The van der Waals surface area contributed by atoms with Gasteiger partial charge in [0, 0.05) is 53.3 Å². The highest BCUT2D eigenvalue weighted by molar-refractivity contribution is 6.12. The maximum absolute atomic E-state index is 14.2. The van der Waals surface area contributed by atoms with Gasteiger partial charge in [0.2, 0.25) is 5.91 Å². The van der Waals surface area contributed by atoms with Crippen molar-refractivity contribution in [1.82, 2.24) is 9.88 Å². The molecule has 0 unspecified atom stereocenters. The Morgan fingerprint density at radius 2 is 2.00 bits per heavy atom. The molecule has 1 amide bonds. The molecule has 170 valence electrons. The molecular weight excluding hydrogens is 432 g/mol. The second kappa shape index (κ2) is 7.56. The van der Waals surface area contributed by atoms with Gasteiger partial charge in [0.15, 0.2) is 5.78 Å². The van der Waals surface area contributed by atoms with Crippen LogP contribution in [0.25, 0.3) is 0 Å². The second-order valence-corrected chi connectivity index (χ2v) is 9.13. The summed E-state index contributed by atoms with van der Waals surface area (Å²) in [6.45, 7) is 0.675. The molecule has 2 fully saturated rings. The number of ketones is 1. The van der Waals surface area contributed by atoms with Gasteiger partial charge in [-0.15, -0.1) is 0 Å². The van der Waals surface area contributed by atoms with E-state index in [2.05, 4.69) is 15.2 Å². The van der Waals surface area contributed by atoms with Crippen LogP contribution in [0.4, 0.5) is 11.4 Å². The SMILES string of the molecule is O=C(c1cccnc1)[C@@H]1[C@H](c2cccc([N+](=O)[O-])c2)[C@@H]2CCCN2[C@]12C(=O)Nc1ccccc12. The zero-order valence-corrected chi connectivity index (χ0v) is 18.3. The average Bonchev–Trinajstić information content (AvgIpc) is 3.52. The van der Waals surface area contributed by atoms with Crippen molar-refractivity contribution < 1.29 is 14.5 Å². The van der Waals surface area contributed by atoms with E-state index in [9.17, 15) is 19.7 Å². The van der Waals surface area contributed by atoms with Gasteiger partial charge in [0.1, 0.15) is 5.54 Å². The van der Waals surface area contributed by atoms with E-state index in [4.69, 9.17) is 0 Å². The van der Waals surface area contributed by atoms with Gasteiger partial charge < -0.3 is 5.32 Å². The van der Waals surface area contributed by atoms with Gasteiger partial charge in [0.05, 0.1) is 10.8 Å². The number of fused-ring (bicyclic) bond motifs is 4. The van der Waals surface area contributed by atoms with Crippen LogP contribution >= 0.6 is 0 Å². The fourth-order valence-electron chi connectivity index (χ4n) is 6.42. The van der Waals surface area contributed by atoms with Gasteiger partial charge in [-0.2, -0.15) is 0 Å². The molecule has 8 nitrogen and oxygen atoms in total. The van der Waals surface area contributed by atoms with Crippen molar-refractivity contribution in [1.29, 1.82) is 0 Å². The third-order valence-corrected chi connectivity index (χ3v) is 7.60. The number of non-ortho nitro benzene ring substituents is 1. The van der Waals surface area contributed by atoms with Gasteiger partial charge >= 0.3 is 0 Å². The van der Waals surface area contributed by atoms with E-state index >= 15 is 0 Å². The smallest absolute Gasteiger partial charge is 0.269 e. The average molecular weight is 454 g/mol. The Labute approximate surface area is 195 Å². The first kappa shape index (κ1) is 20.7. The third kappa shape index (κ3) is 2.72. The molecule has 0 radical (unpaired) electrons. The number of hydrogen-bond acceptors (Lipinski definition) is 6. The lowest BCUT2D eigenvalue weighted by atomic mass is 9.69. The molecule has 1 aromatic heterocycles. The topological polar surface area (TPSA) is 105 Å². The van der Waals surface area contributed by atoms with Crippen LogP contribution < -0.4 is 5.32 Å².